The summed E-state index contributed by atoms with van der Waals surface area (Å²) in [4.78, 5) is 16.6. The largest absolute Gasteiger partial charge is 0.351 e. The molecule has 0 spiro atoms. The van der Waals surface area contributed by atoms with E-state index in [9.17, 15) is 13.2 Å². The van der Waals surface area contributed by atoms with E-state index in [1.165, 1.54) is 23.1 Å². The molecule has 9 heteroatoms. The van der Waals surface area contributed by atoms with E-state index in [2.05, 4.69) is 15.0 Å². The molecule has 0 radical (unpaired) electrons. The van der Waals surface area contributed by atoms with Gasteiger partial charge < -0.3 is 5.32 Å². The van der Waals surface area contributed by atoms with Crippen LogP contribution in [0, 0.1) is 6.92 Å². The molecule has 6 nitrogen and oxygen atoms in total. The lowest BCUT2D eigenvalue weighted by atomic mass is 10.1. The molecule has 0 bridgehead atoms. The van der Waals surface area contributed by atoms with Gasteiger partial charge in [0.05, 0.1) is 27.4 Å². The second-order valence-electron chi connectivity index (χ2n) is 6.16. The molecule has 0 unspecified atom stereocenters. The molecule has 2 aromatic carbocycles. The Morgan fingerprint density at radius 1 is 1.21 bits per heavy atom. The number of aromatic nitrogens is 1. The summed E-state index contributed by atoms with van der Waals surface area (Å²) in [7, 11) is -3.31. The lowest BCUT2D eigenvalue weighted by Gasteiger charge is -2.07. The van der Waals surface area contributed by atoms with Crippen LogP contribution in [0.15, 0.2) is 46.8 Å². The zero-order valence-corrected chi connectivity index (χ0v) is 18.0. The second-order valence-corrected chi connectivity index (χ2v) is 10.4. The number of amides is 1. The van der Waals surface area contributed by atoms with Crippen LogP contribution in [0.4, 0.5) is 5.69 Å². The first-order valence-electron chi connectivity index (χ1n) is 8.71. The van der Waals surface area contributed by atoms with E-state index in [0.717, 1.165) is 25.7 Å². The molecular weight excluding hydrogens is 414 g/mol. The van der Waals surface area contributed by atoms with Gasteiger partial charge in [0.2, 0.25) is 15.9 Å². The topological polar surface area (TPSA) is 88.2 Å². The lowest BCUT2D eigenvalue weighted by molar-refractivity contribution is -0.118. The molecule has 3 rings (SSSR count). The summed E-state index contributed by atoms with van der Waals surface area (Å²) in [5.74, 6) is 0.247. The SMILES string of the molecule is CCS(=O)(=O)Nc1ccc2nc(SCC(=O)NCc3ccccc3C)sc2c1. The Hall–Kier alpha value is -2.10. The van der Waals surface area contributed by atoms with Gasteiger partial charge in [-0.1, -0.05) is 36.0 Å². The van der Waals surface area contributed by atoms with Crippen LogP contribution in [0.5, 0.6) is 0 Å². The first kappa shape index (κ1) is 20.6. The molecule has 3 aromatic rings. The molecule has 1 amide bonds. The number of carbonyl (C=O) groups is 1. The van der Waals surface area contributed by atoms with Crippen LogP contribution in [0.2, 0.25) is 0 Å². The number of hydrogen-bond donors (Lipinski definition) is 2. The summed E-state index contributed by atoms with van der Waals surface area (Å²) in [6, 6.07) is 13.2. The predicted molar refractivity (Wildman–Crippen MR) is 116 cm³/mol. The highest BCUT2D eigenvalue weighted by Crippen LogP contribution is 2.31. The third-order valence-corrected chi connectivity index (χ3v) is 7.55. The number of thioether (sulfide) groups is 1. The van der Waals surface area contributed by atoms with E-state index in [-0.39, 0.29) is 17.4 Å². The van der Waals surface area contributed by atoms with Crippen molar-refractivity contribution in [3.8, 4) is 0 Å². The minimum atomic E-state index is -3.31. The third kappa shape index (κ3) is 5.46. The number of sulfonamides is 1. The number of hydrogen-bond acceptors (Lipinski definition) is 6. The number of benzene rings is 2. The summed E-state index contributed by atoms with van der Waals surface area (Å²) in [5, 5.41) is 2.93. The minimum Gasteiger partial charge on any atom is -0.351 e. The smallest absolute Gasteiger partial charge is 0.232 e. The van der Waals surface area contributed by atoms with Crippen LogP contribution in [0.1, 0.15) is 18.1 Å². The molecule has 0 saturated heterocycles. The fourth-order valence-electron chi connectivity index (χ4n) is 2.46. The van der Waals surface area contributed by atoms with Gasteiger partial charge in [-0.3, -0.25) is 9.52 Å². The molecule has 148 valence electrons. The highest BCUT2D eigenvalue weighted by molar-refractivity contribution is 8.01. The summed E-state index contributed by atoms with van der Waals surface area (Å²) in [5.41, 5.74) is 3.55. The Kier molecular flexibility index (Phi) is 6.58. The third-order valence-electron chi connectivity index (χ3n) is 4.09. The lowest BCUT2D eigenvalue weighted by Crippen LogP contribution is -2.24. The molecule has 0 saturated carbocycles. The zero-order valence-electron chi connectivity index (χ0n) is 15.6. The Morgan fingerprint density at radius 2 is 2.00 bits per heavy atom. The summed E-state index contributed by atoms with van der Waals surface area (Å²) in [6.07, 6.45) is 0. The van der Waals surface area contributed by atoms with Crippen molar-refractivity contribution in [2.45, 2.75) is 24.7 Å². The van der Waals surface area contributed by atoms with Gasteiger partial charge in [0, 0.05) is 6.54 Å². The molecule has 0 aliphatic heterocycles. The quantitative estimate of drug-likeness (QED) is 0.526. The Labute approximate surface area is 172 Å². The number of nitrogens with one attached hydrogen (secondary N) is 2. The number of nitrogens with zero attached hydrogens (tertiary/aromatic N) is 1. The Bertz CT molecular complexity index is 1090. The monoisotopic (exact) mass is 435 g/mol. The maximum atomic E-state index is 12.1. The van der Waals surface area contributed by atoms with E-state index < -0.39 is 10.0 Å². The summed E-state index contributed by atoms with van der Waals surface area (Å²) >= 11 is 2.81. The van der Waals surface area contributed by atoms with E-state index >= 15 is 0 Å². The van der Waals surface area contributed by atoms with E-state index in [0.29, 0.717) is 12.2 Å². The average molecular weight is 436 g/mol. The number of rotatable bonds is 8. The number of aryl methyl sites for hydroxylation is 1. The van der Waals surface area contributed by atoms with E-state index in [1.807, 2.05) is 31.2 Å². The van der Waals surface area contributed by atoms with Crippen molar-refractivity contribution in [2.75, 3.05) is 16.2 Å². The summed E-state index contributed by atoms with van der Waals surface area (Å²) in [6.45, 7) is 4.12. The predicted octanol–water partition coefficient (Wildman–Crippen LogP) is 3.77. The maximum Gasteiger partial charge on any atom is 0.232 e. The van der Waals surface area contributed by atoms with Crippen LogP contribution < -0.4 is 10.0 Å². The Balaban J connectivity index is 1.58. The van der Waals surface area contributed by atoms with Gasteiger partial charge >= 0.3 is 0 Å². The van der Waals surface area contributed by atoms with Crippen molar-refractivity contribution in [2.24, 2.45) is 0 Å². The maximum absolute atomic E-state index is 12.1. The molecule has 2 N–H and O–H groups in total. The van der Waals surface area contributed by atoms with E-state index in [4.69, 9.17) is 0 Å². The molecule has 0 aliphatic rings. The van der Waals surface area contributed by atoms with Gasteiger partial charge in [-0.2, -0.15) is 0 Å². The molecule has 28 heavy (non-hydrogen) atoms. The number of fused-ring (bicyclic) bond motifs is 1. The second kappa shape index (κ2) is 8.93. The first-order valence-corrected chi connectivity index (χ1v) is 12.2. The van der Waals surface area contributed by atoms with Gasteiger partial charge in [0.1, 0.15) is 0 Å². The zero-order chi connectivity index (χ0) is 20.1. The van der Waals surface area contributed by atoms with Crippen LogP contribution >= 0.6 is 23.1 Å². The highest BCUT2D eigenvalue weighted by atomic mass is 32.2. The summed E-state index contributed by atoms with van der Waals surface area (Å²) < 4.78 is 27.6. The van der Waals surface area contributed by atoms with Crippen molar-refractivity contribution in [1.82, 2.24) is 10.3 Å². The van der Waals surface area contributed by atoms with Crippen molar-refractivity contribution >= 4 is 54.9 Å². The standard InChI is InChI=1S/C19H21N3O3S3/c1-3-28(24,25)22-15-8-9-16-17(10-15)27-19(21-16)26-12-18(23)20-11-14-7-5-4-6-13(14)2/h4-10,22H,3,11-12H2,1-2H3,(H,20,23). The van der Waals surface area contributed by atoms with Gasteiger partial charge in [-0.15, -0.1) is 11.3 Å². The van der Waals surface area contributed by atoms with Crippen molar-refractivity contribution < 1.29 is 13.2 Å². The molecule has 0 aliphatic carbocycles. The Morgan fingerprint density at radius 3 is 2.75 bits per heavy atom. The fourth-order valence-corrected chi connectivity index (χ4v) is 5.03. The van der Waals surface area contributed by atoms with Crippen LogP contribution in [-0.4, -0.2) is 30.8 Å². The first-order chi connectivity index (χ1) is 13.4. The van der Waals surface area contributed by atoms with Gasteiger partial charge in [-0.05, 0) is 43.2 Å². The molecule has 0 atom stereocenters. The fraction of sp³-hybridized carbons (Fsp3) is 0.263. The van der Waals surface area contributed by atoms with Crippen molar-refractivity contribution in [1.29, 1.82) is 0 Å². The van der Waals surface area contributed by atoms with Gasteiger partial charge in [0.15, 0.2) is 4.34 Å². The van der Waals surface area contributed by atoms with Crippen molar-refractivity contribution in [3.05, 3.63) is 53.6 Å². The van der Waals surface area contributed by atoms with E-state index in [1.54, 1.807) is 25.1 Å². The van der Waals surface area contributed by atoms with Gasteiger partial charge in [0.25, 0.3) is 0 Å². The van der Waals surface area contributed by atoms with Crippen LogP contribution in [-0.2, 0) is 21.4 Å². The van der Waals surface area contributed by atoms with Crippen LogP contribution in [0.25, 0.3) is 10.2 Å². The molecule has 1 aromatic heterocycles. The molecular formula is C19H21N3O3S3. The highest BCUT2D eigenvalue weighted by Gasteiger charge is 2.11. The molecule has 0 fully saturated rings. The van der Waals surface area contributed by atoms with Crippen molar-refractivity contribution in [3.63, 3.8) is 0 Å². The normalized spacial score (nSPS) is 11.5. The number of carbonyl (C=O) groups excluding carboxylic acids is 1. The number of thiazole rings is 1. The minimum absolute atomic E-state index is 0.0203. The van der Waals surface area contributed by atoms with Gasteiger partial charge in [-0.25, -0.2) is 13.4 Å². The van der Waals surface area contributed by atoms with Crippen LogP contribution in [0.3, 0.4) is 0 Å². The number of anilines is 1. The molecule has 1 heterocycles. The average Bonchev–Trinajstić information content (AvgIpc) is 3.07.